The van der Waals surface area contributed by atoms with Crippen molar-refractivity contribution < 1.29 is 9.53 Å². The van der Waals surface area contributed by atoms with E-state index in [1.165, 1.54) is 0 Å². The van der Waals surface area contributed by atoms with Gasteiger partial charge in [0.15, 0.2) is 0 Å². The fraction of sp³-hybridized carbons (Fsp3) is 0.533. The summed E-state index contributed by atoms with van der Waals surface area (Å²) in [7, 11) is 0. The zero-order chi connectivity index (χ0) is 13.8. The van der Waals surface area contributed by atoms with Crippen molar-refractivity contribution in [2.24, 2.45) is 0 Å². The molecule has 1 fully saturated rings. The molecule has 1 aliphatic heterocycles. The van der Waals surface area contributed by atoms with Gasteiger partial charge in [-0.25, -0.2) is 0 Å². The van der Waals surface area contributed by atoms with Crippen LogP contribution in [0, 0.1) is 0 Å². The van der Waals surface area contributed by atoms with E-state index in [1.807, 2.05) is 36.1 Å². The molecule has 19 heavy (non-hydrogen) atoms. The second-order valence-electron chi connectivity index (χ2n) is 4.94. The van der Waals surface area contributed by atoms with Gasteiger partial charge in [0.2, 0.25) is 0 Å². The molecule has 0 saturated carbocycles. The first-order chi connectivity index (χ1) is 9.15. The maximum atomic E-state index is 12.6. The van der Waals surface area contributed by atoms with Crippen LogP contribution in [0.15, 0.2) is 24.3 Å². The average molecular weight is 282 g/mol. The second kappa shape index (κ2) is 6.40. The Morgan fingerprint density at radius 2 is 2.16 bits per heavy atom. The number of hydrogen-bond acceptors (Lipinski definition) is 2. The first-order valence-electron chi connectivity index (χ1n) is 6.74. The van der Waals surface area contributed by atoms with Crippen LogP contribution < -0.4 is 0 Å². The van der Waals surface area contributed by atoms with E-state index in [4.69, 9.17) is 16.3 Å². The molecule has 2 rings (SSSR count). The number of ether oxygens (including phenoxy) is 1. The van der Waals surface area contributed by atoms with E-state index < -0.39 is 0 Å². The van der Waals surface area contributed by atoms with E-state index in [-0.39, 0.29) is 18.1 Å². The number of morpholine rings is 1. The molecule has 0 aliphatic carbocycles. The first kappa shape index (κ1) is 14.4. The minimum absolute atomic E-state index is 0.0373. The molecule has 104 valence electrons. The highest BCUT2D eigenvalue weighted by atomic mass is 35.5. The maximum absolute atomic E-state index is 12.6. The molecule has 1 aromatic rings. The number of nitrogens with zero attached hydrogens (tertiary/aromatic N) is 1. The van der Waals surface area contributed by atoms with Crippen LogP contribution in [-0.4, -0.2) is 42.0 Å². The SMILES string of the molecule is CCc1ccccc1C(=O)N1CC(C)OC(CCl)C1. The summed E-state index contributed by atoms with van der Waals surface area (Å²) < 4.78 is 5.68. The quantitative estimate of drug-likeness (QED) is 0.798. The van der Waals surface area contributed by atoms with Crippen LogP contribution in [-0.2, 0) is 11.2 Å². The van der Waals surface area contributed by atoms with E-state index in [1.54, 1.807) is 0 Å². The van der Waals surface area contributed by atoms with E-state index in [0.29, 0.717) is 19.0 Å². The summed E-state index contributed by atoms with van der Waals surface area (Å²) in [6.45, 7) is 5.25. The number of halogens is 1. The van der Waals surface area contributed by atoms with Crippen molar-refractivity contribution >= 4 is 17.5 Å². The molecule has 1 saturated heterocycles. The van der Waals surface area contributed by atoms with Gasteiger partial charge in [0.25, 0.3) is 5.91 Å². The van der Waals surface area contributed by atoms with Gasteiger partial charge in [-0.05, 0) is 25.0 Å². The molecule has 1 amide bonds. The molecular formula is C15H20ClNO2. The van der Waals surface area contributed by atoms with Gasteiger partial charge in [-0.2, -0.15) is 0 Å². The molecular weight excluding hydrogens is 262 g/mol. The fourth-order valence-corrected chi connectivity index (χ4v) is 2.67. The molecule has 2 atom stereocenters. The summed E-state index contributed by atoms with van der Waals surface area (Å²) in [6.07, 6.45) is 0.833. The van der Waals surface area contributed by atoms with Crippen LogP contribution in [0.4, 0.5) is 0 Å². The van der Waals surface area contributed by atoms with E-state index in [2.05, 4.69) is 6.92 Å². The Morgan fingerprint density at radius 1 is 1.42 bits per heavy atom. The van der Waals surface area contributed by atoms with Crippen LogP contribution in [0.3, 0.4) is 0 Å². The minimum Gasteiger partial charge on any atom is -0.370 e. The lowest BCUT2D eigenvalue weighted by atomic mass is 10.0. The highest BCUT2D eigenvalue weighted by Gasteiger charge is 2.29. The Bertz CT molecular complexity index is 450. The maximum Gasteiger partial charge on any atom is 0.254 e. The van der Waals surface area contributed by atoms with Crippen LogP contribution in [0.2, 0.25) is 0 Å². The fourth-order valence-electron chi connectivity index (χ4n) is 2.50. The van der Waals surface area contributed by atoms with Crippen LogP contribution in [0.1, 0.15) is 29.8 Å². The topological polar surface area (TPSA) is 29.5 Å². The summed E-state index contributed by atoms with van der Waals surface area (Å²) in [5.74, 6) is 0.506. The molecule has 1 heterocycles. The van der Waals surface area contributed by atoms with Gasteiger partial charge in [0.1, 0.15) is 0 Å². The third-order valence-electron chi connectivity index (χ3n) is 3.41. The largest absolute Gasteiger partial charge is 0.370 e. The molecule has 0 spiro atoms. The highest BCUT2D eigenvalue weighted by molar-refractivity contribution is 6.18. The Kier molecular flexibility index (Phi) is 4.83. The molecule has 4 heteroatoms. The number of rotatable bonds is 3. The molecule has 3 nitrogen and oxygen atoms in total. The van der Waals surface area contributed by atoms with Gasteiger partial charge in [0.05, 0.1) is 18.1 Å². The lowest BCUT2D eigenvalue weighted by Gasteiger charge is -2.36. The highest BCUT2D eigenvalue weighted by Crippen LogP contribution is 2.18. The zero-order valence-electron chi connectivity index (χ0n) is 11.4. The number of carbonyl (C=O) groups excluding carboxylic acids is 1. The summed E-state index contributed by atoms with van der Waals surface area (Å²) in [4.78, 5) is 14.5. The number of carbonyl (C=O) groups is 1. The monoisotopic (exact) mass is 281 g/mol. The van der Waals surface area contributed by atoms with Gasteiger partial charge in [0, 0.05) is 18.7 Å². The van der Waals surface area contributed by atoms with Crippen molar-refractivity contribution in [2.45, 2.75) is 32.5 Å². The molecule has 0 aromatic heterocycles. The Balaban J connectivity index is 2.18. The van der Waals surface area contributed by atoms with Crippen molar-refractivity contribution in [1.82, 2.24) is 4.90 Å². The Morgan fingerprint density at radius 3 is 2.84 bits per heavy atom. The average Bonchev–Trinajstić information content (AvgIpc) is 2.45. The van der Waals surface area contributed by atoms with E-state index in [0.717, 1.165) is 17.5 Å². The van der Waals surface area contributed by atoms with Crippen molar-refractivity contribution in [3.05, 3.63) is 35.4 Å². The second-order valence-corrected chi connectivity index (χ2v) is 5.25. The molecule has 0 N–H and O–H groups in total. The minimum atomic E-state index is -0.0665. The van der Waals surface area contributed by atoms with Crippen LogP contribution >= 0.6 is 11.6 Å². The summed E-state index contributed by atoms with van der Waals surface area (Å²) >= 11 is 5.86. The van der Waals surface area contributed by atoms with Gasteiger partial charge >= 0.3 is 0 Å². The number of benzene rings is 1. The molecule has 2 unspecified atom stereocenters. The van der Waals surface area contributed by atoms with Crippen molar-refractivity contribution in [3.63, 3.8) is 0 Å². The predicted molar refractivity (Wildman–Crippen MR) is 76.8 cm³/mol. The normalized spacial score (nSPS) is 23.4. The van der Waals surface area contributed by atoms with E-state index >= 15 is 0 Å². The molecule has 0 bridgehead atoms. The van der Waals surface area contributed by atoms with Crippen molar-refractivity contribution in [3.8, 4) is 0 Å². The van der Waals surface area contributed by atoms with Gasteiger partial charge in [-0.1, -0.05) is 25.1 Å². The Labute approximate surface area is 119 Å². The third kappa shape index (κ3) is 3.28. The smallest absolute Gasteiger partial charge is 0.254 e. The van der Waals surface area contributed by atoms with Crippen molar-refractivity contribution in [1.29, 1.82) is 0 Å². The Hall–Kier alpha value is -1.06. The van der Waals surface area contributed by atoms with E-state index in [9.17, 15) is 4.79 Å². The van der Waals surface area contributed by atoms with Gasteiger partial charge in [-0.3, -0.25) is 4.79 Å². The number of aryl methyl sites for hydroxylation is 1. The molecule has 0 radical (unpaired) electrons. The summed E-state index contributed by atoms with van der Waals surface area (Å²) in [5.41, 5.74) is 1.89. The summed E-state index contributed by atoms with van der Waals surface area (Å²) in [6, 6.07) is 7.79. The van der Waals surface area contributed by atoms with Crippen LogP contribution in [0.5, 0.6) is 0 Å². The molecule has 1 aromatic carbocycles. The zero-order valence-corrected chi connectivity index (χ0v) is 12.2. The van der Waals surface area contributed by atoms with Gasteiger partial charge < -0.3 is 9.64 Å². The molecule has 1 aliphatic rings. The lowest BCUT2D eigenvalue weighted by Crippen LogP contribution is -2.49. The predicted octanol–water partition coefficient (Wildman–Crippen LogP) is 2.72. The lowest BCUT2D eigenvalue weighted by molar-refractivity contribution is -0.0570. The number of hydrogen-bond donors (Lipinski definition) is 0. The number of amides is 1. The summed E-state index contributed by atoms with van der Waals surface area (Å²) in [5, 5.41) is 0. The van der Waals surface area contributed by atoms with Crippen molar-refractivity contribution in [2.75, 3.05) is 19.0 Å². The third-order valence-corrected chi connectivity index (χ3v) is 3.76. The first-order valence-corrected chi connectivity index (χ1v) is 7.27. The number of alkyl halides is 1. The van der Waals surface area contributed by atoms with Crippen LogP contribution in [0.25, 0.3) is 0 Å². The van der Waals surface area contributed by atoms with Gasteiger partial charge in [-0.15, -0.1) is 11.6 Å². The standard InChI is InChI=1S/C15H20ClNO2/c1-3-12-6-4-5-7-14(12)15(18)17-9-11(2)19-13(8-16)10-17/h4-7,11,13H,3,8-10H2,1-2H3.